The third-order valence-electron chi connectivity index (χ3n) is 4.67. The molecule has 1 N–H and O–H groups in total. The van der Waals surface area contributed by atoms with E-state index in [0.29, 0.717) is 21.5 Å². The highest BCUT2D eigenvalue weighted by Gasteiger charge is 2.41. The smallest absolute Gasteiger partial charge is 0.294 e. The Morgan fingerprint density at radius 1 is 1.15 bits per heavy atom. The lowest BCUT2D eigenvalue weighted by atomic mass is 10.2. The number of methoxy groups -OCH3 is 1. The highest BCUT2D eigenvalue weighted by atomic mass is 35.5. The van der Waals surface area contributed by atoms with Crippen LogP contribution in [0.4, 0.5) is 11.4 Å². The number of carbonyl (C=O) groups excluding carboxylic acids is 2. The van der Waals surface area contributed by atoms with Gasteiger partial charge in [-0.2, -0.15) is 8.42 Å². The van der Waals surface area contributed by atoms with Crippen molar-refractivity contribution in [1.29, 1.82) is 0 Å². The Kier molecular flexibility index (Phi) is 7.27. The van der Waals surface area contributed by atoms with Crippen molar-refractivity contribution in [2.75, 3.05) is 17.3 Å². The van der Waals surface area contributed by atoms with Crippen molar-refractivity contribution >= 4 is 73.1 Å². The second-order valence-electron chi connectivity index (χ2n) is 7.01. The minimum Gasteiger partial charge on any atom is -0.497 e. The number of ether oxygens (including phenoxy) is 1. The third kappa shape index (κ3) is 5.44. The third-order valence-corrected chi connectivity index (χ3v) is 8.89. The number of nitrogens with zero attached hydrogens (tertiary/aromatic N) is 2. The molecule has 0 bridgehead atoms. The summed E-state index contributed by atoms with van der Waals surface area (Å²) in [6, 6.07) is 18.2. The van der Waals surface area contributed by atoms with Crippen molar-refractivity contribution in [1.82, 2.24) is 0 Å². The molecule has 2 heterocycles. The number of amides is 2. The van der Waals surface area contributed by atoms with Gasteiger partial charge in [-0.15, -0.1) is 15.7 Å². The van der Waals surface area contributed by atoms with Gasteiger partial charge in [0.2, 0.25) is 11.8 Å². The molecule has 4 rings (SSSR count). The van der Waals surface area contributed by atoms with Gasteiger partial charge in [-0.1, -0.05) is 47.6 Å². The molecule has 1 atom stereocenters. The normalized spacial score (nSPS) is 17.2. The molecule has 2 aromatic carbocycles. The quantitative estimate of drug-likeness (QED) is 0.473. The van der Waals surface area contributed by atoms with E-state index in [-0.39, 0.29) is 15.8 Å². The first-order valence-corrected chi connectivity index (χ1v) is 13.4. The number of nitrogens with one attached hydrogen (secondary N) is 1. The van der Waals surface area contributed by atoms with E-state index < -0.39 is 27.1 Å². The Balaban J connectivity index is 1.60. The van der Waals surface area contributed by atoms with Crippen molar-refractivity contribution in [2.24, 2.45) is 4.40 Å². The number of thiophene rings is 1. The van der Waals surface area contributed by atoms with Crippen LogP contribution in [-0.2, 0) is 19.6 Å². The standard InChI is InChI=1S/C22H18ClN3O5S3/c1-31-16-9-5-6-14(12-16)24-19(27)13-17-21(28)26(15-7-3-2-4-8-15)22(32-17)25-34(29,30)20-11-10-18(23)33-20/h2-12,17H,13H2,1H3,(H,24,27)/t17-/m0/s1. The van der Waals surface area contributed by atoms with Gasteiger partial charge in [0.1, 0.15) is 15.2 Å². The van der Waals surface area contributed by atoms with Crippen molar-refractivity contribution in [2.45, 2.75) is 15.9 Å². The molecule has 0 aliphatic carbocycles. The van der Waals surface area contributed by atoms with Gasteiger partial charge in [0.05, 0.1) is 17.1 Å². The minimum absolute atomic E-state index is 0.0279. The monoisotopic (exact) mass is 535 g/mol. The summed E-state index contributed by atoms with van der Waals surface area (Å²) in [7, 11) is -2.58. The van der Waals surface area contributed by atoms with Crippen LogP contribution in [-0.4, -0.2) is 37.8 Å². The van der Waals surface area contributed by atoms with E-state index >= 15 is 0 Å². The molecule has 0 unspecified atom stereocenters. The number of amidine groups is 1. The lowest BCUT2D eigenvalue weighted by Crippen LogP contribution is -2.33. The molecule has 1 aliphatic heterocycles. The Morgan fingerprint density at radius 2 is 1.91 bits per heavy atom. The van der Waals surface area contributed by atoms with E-state index in [0.717, 1.165) is 23.1 Å². The number of hydrogen-bond acceptors (Lipinski definition) is 7. The number of thioether (sulfide) groups is 1. The number of carbonyl (C=O) groups is 2. The number of sulfonamides is 1. The summed E-state index contributed by atoms with van der Waals surface area (Å²) >= 11 is 7.69. The van der Waals surface area contributed by atoms with E-state index in [4.69, 9.17) is 16.3 Å². The maximum absolute atomic E-state index is 13.2. The van der Waals surface area contributed by atoms with Crippen LogP contribution >= 0.6 is 34.7 Å². The van der Waals surface area contributed by atoms with E-state index in [1.165, 1.54) is 24.1 Å². The molecular formula is C22H18ClN3O5S3. The van der Waals surface area contributed by atoms with Crippen LogP contribution in [0.25, 0.3) is 0 Å². The molecule has 34 heavy (non-hydrogen) atoms. The van der Waals surface area contributed by atoms with Crippen LogP contribution in [0.15, 0.2) is 75.3 Å². The largest absolute Gasteiger partial charge is 0.497 e. The summed E-state index contributed by atoms with van der Waals surface area (Å²) in [6.07, 6.45) is -0.173. The van der Waals surface area contributed by atoms with Crippen molar-refractivity contribution in [3.63, 3.8) is 0 Å². The second kappa shape index (κ2) is 10.2. The summed E-state index contributed by atoms with van der Waals surface area (Å²) in [6.45, 7) is 0. The van der Waals surface area contributed by atoms with Crippen molar-refractivity contribution in [3.05, 3.63) is 71.1 Å². The van der Waals surface area contributed by atoms with Gasteiger partial charge >= 0.3 is 0 Å². The molecular weight excluding hydrogens is 518 g/mol. The molecule has 12 heteroatoms. The molecule has 0 radical (unpaired) electrons. The van der Waals surface area contributed by atoms with Gasteiger partial charge in [0.25, 0.3) is 10.0 Å². The van der Waals surface area contributed by atoms with Gasteiger partial charge in [0, 0.05) is 18.2 Å². The highest BCUT2D eigenvalue weighted by molar-refractivity contribution is 8.16. The second-order valence-corrected chi connectivity index (χ2v) is 11.7. The molecule has 1 fully saturated rings. The first kappa shape index (κ1) is 24.3. The average molecular weight is 536 g/mol. The summed E-state index contributed by atoms with van der Waals surface area (Å²) in [5.74, 6) is -0.260. The molecule has 8 nitrogen and oxygen atoms in total. The fourth-order valence-corrected chi connectivity index (χ4v) is 6.94. The fraction of sp³-hybridized carbons (Fsp3) is 0.136. The number of rotatable bonds is 7. The Hall–Kier alpha value is -2.86. The maximum atomic E-state index is 13.2. The van der Waals surface area contributed by atoms with Crippen molar-refractivity contribution in [3.8, 4) is 5.75 Å². The first-order valence-electron chi connectivity index (χ1n) is 9.87. The predicted molar refractivity (Wildman–Crippen MR) is 135 cm³/mol. The van der Waals surface area contributed by atoms with E-state index in [2.05, 4.69) is 9.71 Å². The number of benzene rings is 2. The van der Waals surface area contributed by atoms with E-state index in [1.54, 1.807) is 54.6 Å². The lowest BCUT2D eigenvalue weighted by molar-refractivity contribution is -0.121. The molecule has 3 aromatic rings. The minimum atomic E-state index is -4.10. The van der Waals surface area contributed by atoms with Crippen LogP contribution in [0.5, 0.6) is 5.75 Å². The summed E-state index contributed by atoms with van der Waals surface area (Å²) in [5.41, 5.74) is 0.972. The number of anilines is 2. The van der Waals surface area contributed by atoms with E-state index in [9.17, 15) is 18.0 Å². The SMILES string of the molecule is COc1cccc(NC(=O)C[C@@H]2SC(=NS(=O)(=O)c3ccc(Cl)s3)N(c3ccccc3)C2=O)c1. The van der Waals surface area contributed by atoms with Crippen LogP contribution in [0.2, 0.25) is 4.34 Å². The van der Waals surface area contributed by atoms with Gasteiger partial charge < -0.3 is 10.1 Å². The summed E-state index contributed by atoms with van der Waals surface area (Å²) in [4.78, 5) is 27.1. The fourth-order valence-electron chi connectivity index (χ4n) is 3.14. The topological polar surface area (TPSA) is 105 Å². The van der Waals surface area contributed by atoms with E-state index in [1.807, 2.05) is 0 Å². The average Bonchev–Trinajstić information content (AvgIpc) is 3.38. The Morgan fingerprint density at radius 3 is 2.59 bits per heavy atom. The molecule has 1 aromatic heterocycles. The van der Waals surface area contributed by atoms with Gasteiger partial charge in [-0.05, 0) is 36.4 Å². The zero-order valence-electron chi connectivity index (χ0n) is 17.7. The molecule has 176 valence electrons. The zero-order valence-corrected chi connectivity index (χ0v) is 20.9. The van der Waals surface area contributed by atoms with Crippen molar-refractivity contribution < 1.29 is 22.7 Å². The Bertz CT molecular complexity index is 1360. The van der Waals surface area contributed by atoms with Gasteiger partial charge in [-0.25, -0.2) is 0 Å². The molecule has 0 saturated carbocycles. The highest BCUT2D eigenvalue weighted by Crippen LogP contribution is 2.36. The molecule has 2 amide bonds. The molecule has 0 spiro atoms. The van der Waals surface area contributed by atoms with Crippen LogP contribution in [0.3, 0.4) is 0 Å². The molecule has 1 saturated heterocycles. The number of halogens is 1. The maximum Gasteiger partial charge on any atom is 0.294 e. The first-order chi connectivity index (χ1) is 16.3. The van der Waals surface area contributed by atoms with Crippen LogP contribution < -0.4 is 15.0 Å². The number of para-hydroxylation sites is 1. The lowest BCUT2D eigenvalue weighted by Gasteiger charge is -2.16. The van der Waals surface area contributed by atoms with Crippen LogP contribution in [0.1, 0.15) is 6.42 Å². The summed E-state index contributed by atoms with van der Waals surface area (Å²) < 4.78 is 35.0. The molecule has 1 aliphatic rings. The van der Waals surface area contributed by atoms with Crippen LogP contribution in [0, 0.1) is 0 Å². The van der Waals surface area contributed by atoms with Gasteiger partial charge in [-0.3, -0.25) is 14.5 Å². The Labute approximate surface area is 209 Å². The zero-order chi connectivity index (χ0) is 24.3. The number of hydrogen-bond donors (Lipinski definition) is 1. The van der Waals surface area contributed by atoms with Gasteiger partial charge in [0.15, 0.2) is 5.17 Å². The predicted octanol–water partition coefficient (Wildman–Crippen LogP) is 4.63. The summed E-state index contributed by atoms with van der Waals surface area (Å²) in [5, 5.41) is 1.85.